The minimum Gasteiger partial charge on any atom is -0.497 e. The zero-order valence-corrected chi connectivity index (χ0v) is 18.8. The number of fused-ring (bicyclic) bond motifs is 2. The van der Waals surface area contributed by atoms with Gasteiger partial charge in [0.15, 0.2) is 5.41 Å². The first-order chi connectivity index (χ1) is 15.4. The average Bonchev–Trinajstić information content (AvgIpc) is 3.31. The van der Waals surface area contributed by atoms with Gasteiger partial charge in [-0.25, -0.2) is 0 Å². The van der Waals surface area contributed by atoms with Gasteiger partial charge in [-0.05, 0) is 48.6 Å². The van der Waals surface area contributed by atoms with E-state index in [0.29, 0.717) is 5.75 Å². The summed E-state index contributed by atoms with van der Waals surface area (Å²) in [4.78, 5) is 31.8. The number of carbonyl (C=O) groups excluding carboxylic acids is 2. The molecule has 6 nitrogen and oxygen atoms in total. The van der Waals surface area contributed by atoms with Gasteiger partial charge in [0.2, 0.25) is 0 Å². The molecule has 1 saturated carbocycles. The molecule has 0 N–H and O–H groups in total. The molecule has 0 radical (unpaired) electrons. The summed E-state index contributed by atoms with van der Waals surface area (Å²) in [6.07, 6.45) is 2.01. The van der Waals surface area contributed by atoms with E-state index in [-0.39, 0.29) is 12.3 Å². The lowest BCUT2D eigenvalue weighted by atomic mass is 9.59. The van der Waals surface area contributed by atoms with Crippen LogP contribution in [0.25, 0.3) is 0 Å². The molecule has 6 heteroatoms. The maximum atomic E-state index is 13.5. The van der Waals surface area contributed by atoms with Crippen molar-refractivity contribution in [3.8, 4) is 5.75 Å². The van der Waals surface area contributed by atoms with E-state index in [1.165, 1.54) is 14.2 Å². The van der Waals surface area contributed by atoms with Crippen molar-refractivity contribution in [3.63, 3.8) is 0 Å². The molecule has 3 atom stereocenters. The van der Waals surface area contributed by atoms with Gasteiger partial charge in [-0.2, -0.15) is 0 Å². The molecule has 0 aromatic heterocycles. The highest BCUT2D eigenvalue weighted by molar-refractivity contribution is 6.09. The Bertz CT molecular complexity index is 1100. The maximum absolute atomic E-state index is 13.5. The molecule has 2 aromatic carbocycles. The number of esters is 2. The van der Waals surface area contributed by atoms with Gasteiger partial charge in [-0.15, -0.1) is 6.58 Å². The summed E-state index contributed by atoms with van der Waals surface area (Å²) < 4.78 is 16.0. The summed E-state index contributed by atoms with van der Waals surface area (Å²) in [7, 11) is 4.18. The Hall–Kier alpha value is -3.41. The maximum Gasteiger partial charge on any atom is 0.323 e. The topological polar surface area (TPSA) is 74.2 Å². The third-order valence-electron chi connectivity index (χ3n) is 7.12. The second kappa shape index (κ2) is 7.93. The normalized spacial score (nSPS) is 25.1. The number of hydrogen-bond donors (Lipinski definition) is 0. The molecule has 1 spiro atoms. The highest BCUT2D eigenvalue weighted by Crippen LogP contribution is 2.67. The van der Waals surface area contributed by atoms with Gasteiger partial charge in [-0.1, -0.05) is 36.4 Å². The van der Waals surface area contributed by atoms with Crippen molar-refractivity contribution in [2.75, 3.05) is 21.3 Å². The molecule has 0 unspecified atom stereocenters. The summed E-state index contributed by atoms with van der Waals surface area (Å²) in [5.41, 5.74) is 1.04. The van der Waals surface area contributed by atoms with Crippen LogP contribution < -0.4 is 4.74 Å². The van der Waals surface area contributed by atoms with Crippen LogP contribution in [0.1, 0.15) is 30.4 Å². The quantitative estimate of drug-likeness (QED) is 0.398. The van der Waals surface area contributed by atoms with Crippen molar-refractivity contribution in [1.29, 1.82) is 0 Å². The Morgan fingerprint density at radius 2 is 1.75 bits per heavy atom. The molecule has 1 heterocycles. The Morgan fingerprint density at radius 1 is 1.06 bits per heavy atom. The van der Waals surface area contributed by atoms with Gasteiger partial charge >= 0.3 is 11.9 Å². The highest BCUT2D eigenvalue weighted by atomic mass is 16.5. The van der Waals surface area contributed by atoms with Crippen molar-refractivity contribution in [3.05, 3.63) is 72.3 Å². The summed E-state index contributed by atoms with van der Waals surface area (Å²) >= 11 is 0. The number of benzene rings is 2. The van der Waals surface area contributed by atoms with E-state index in [4.69, 9.17) is 19.2 Å². The van der Waals surface area contributed by atoms with Crippen LogP contribution in [0, 0.1) is 11.3 Å². The van der Waals surface area contributed by atoms with Gasteiger partial charge < -0.3 is 14.2 Å². The van der Waals surface area contributed by atoms with Crippen molar-refractivity contribution in [2.45, 2.75) is 24.7 Å². The van der Waals surface area contributed by atoms with Crippen LogP contribution in [0.5, 0.6) is 5.75 Å². The van der Waals surface area contributed by atoms with Crippen molar-refractivity contribution in [2.24, 2.45) is 16.3 Å². The smallest absolute Gasteiger partial charge is 0.323 e. The fourth-order valence-electron chi connectivity index (χ4n) is 5.94. The van der Waals surface area contributed by atoms with E-state index in [0.717, 1.165) is 22.5 Å². The van der Waals surface area contributed by atoms with Gasteiger partial charge in [0.05, 0.1) is 32.4 Å². The molecule has 4 rings (SSSR count). The lowest BCUT2D eigenvalue weighted by Crippen LogP contribution is -2.49. The van der Waals surface area contributed by atoms with Gasteiger partial charge in [0.1, 0.15) is 5.75 Å². The monoisotopic (exact) mass is 433 g/mol. The minimum absolute atomic E-state index is 0.193. The van der Waals surface area contributed by atoms with E-state index >= 15 is 0 Å². The summed E-state index contributed by atoms with van der Waals surface area (Å²) in [6, 6.07) is 15.3. The van der Waals surface area contributed by atoms with Crippen molar-refractivity contribution < 1.29 is 23.8 Å². The summed E-state index contributed by atoms with van der Waals surface area (Å²) in [5, 5.41) is 0. The van der Waals surface area contributed by atoms with Crippen LogP contribution in [0.4, 0.5) is 5.69 Å². The van der Waals surface area contributed by atoms with E-state index in [2.05, 4.69) is 6.58 Å². The van der Waals surface area contributed by atoms with Crippen LogP contribution >= 0.6 is 0 Å². The van der Waals surface area contributed by atoms with Crippen LogP contribution in [0.3, 0.4) is 0 Å². The Kier molecular flexibility index (Phi) is 5.41. The number of ether oxygens (including phenoxy) is 3. The molecule has 0 amide bonds. The molecule has 0 saturated heterocycles. The molecule has 1 aliphatic carbocycles. The number of nitrogens with zero attached hydrogens (tertiary/aromatic N) is 1. The fraction of sp³-hybridized carbons (Fsp3) is 0.346. The number of para-hydroxylation sites is 1. The molecule has 0 bridgehead atoms. The molecule has 2 aliphatic rings. The largest absolute Gasteiger partial charge is 0.497 e. The van der Waals surface area contributed by atoms with Crippen LogP contribution in [0.15, 0.2) is 66.2 Å². The SMILES string of the molecule is C=C[C@H]1CC(C(=O)OC)(C(=O)OC)[C@@H](c2cccc(OC)c2)[C@]12C(C)=Nc1ccccc12. The molecular formula is C26H27NO5. The fourth-order valence-corrected chi connectivity index (χ4v) is 5.94. The van der Waals surface area contributed by atoms with Crippen LogP contribution in [-0.2, 0) is 24.5 Å². The van der Waals surface area contributed by atoms with Gasteiger partial charge in [0.25, 0.3) is 0 Å². The summed E-state index contributed by atoms with van der Waals surface area (Å²) in [5.74, 6) is -1.52. The predicted molar refractivity (Wildman–Crippen MR) is 121 cm³/mol. The zero-order valence-electron chi connectivity index (χ0n) is 18.8. The molecule has 1 fully saturated rings. The lowest BCUT2D eigenvalue weighted by Gasteiger charge is -2.41. The van der Waals surface area contributed by atoms with E-state index in [1.54, 1.807) is 7.11 Å². The van der Waals surface area contributed by atoms with Gasteiger partial charge in [0, 0.05) is 11.6 Å². The Labute approximate surface area is 187 Å². The van der Waals surface area contributed by atoms with E-state index in [1.807, 2.05) is 61.5 Å². The molecule has 32 heavy (non-hydrogen) atoms. The Morgan fingerprint density at radius 3 is 2.38 bits per heavy atom. The standard InChI is InChI=1S/C26H27NO5/c1-6-18-15-25(23(28)31-4,24(29)32-5)22(17-10-9-11-19(14-17)30-3)26(18)16(2)27-21-13-8-7-12-20(21)26/h6-14,18,22H,1,15H2,2-5H3/t18-,22+,26+/m0/s1. The molecule has 1 aliphatic heterocycles. The van der Waals surface area contributed by atoms with Crippen molar-refractivity contribution in [1.82, 2.24) is 0 Å². The number of aliphatic imine (C=N–C) groups is 1. The third-order valence-corrected chi connectivity index (χ3v) is 7.12. The first kappa shape index (κ1) is 21.8. The van der Waals surface area contributed by atoms with E-state index in [9.17, 15) is 9.59 Å². The number of methoxy groups -OCH3 is 3. The predicted octanol–water partition coefficient (Wildman–Crippen LogP) is 4.36. The third kappa shape index (κ3) is 2.68. The number of rotatable bonds is 5. The first-order valence-electron chi connectivity index (χ1n) is 10.5. The van der Waals surface area contributed by atoms with Crippen molar-refractivity contribution >= 4 is 23.3 Å². The lowest BCUT2D eigenvalue weighted by molar-refractivity contribution is -0.170. The molecule has 166 valence electrons. The Balaban J connectivity index is 2.13. The second-order valence-electron chi connectivity index (χ2n) is 8.29. The number of carbonyl (C=O) groups is 2. The summed E-state index contributed by atoms with van der Waals surface area (Å²) in [6.45, 7) is 6.04. The molecule has 2 aromatic rings. The van der Waals surface area contributed by atoms with Crippen LogP contribution in [0.2, 0.25) is 0 Å². The zero-order chi connectivity index (χ0) is 23.1. The van der Waals surface area contributed by atoms with Gasteiger partial charge in [-0.3, -0.25) is 14.6 Å². The van der Waals surface area contributed by atoms with E-state index < -0.39 is 28.7 Å². The first-order valence-corrected chi connectivity index (χ1v) is 10.5. The molecular weight excluding hydrogens is 406 g/mol. The second-order valence-corrected chi connectivity index (χ2v) is 8.29. The average molecular weight is 434 g/mol. The minimum atomic E-state index is -1.58. The van der Waals surface area contributed by atoms with Crippen LogP contribution in [-0.4, -0.2) is 39.0 Å². The number of hydrogen-bond acceptors (Lipinski definition) is 6. The highest BCUT2D eigenvalue weighted by Gasteiger charge is 2.72. The number of allylic oxidation sites excluding steroid dienone is 1.